The summed E-state index contributed by atoms with van der Waals surface area (Å²) in [6, 6.07) is 16.9. The number of benzene rings is 2. The average molecular weight is 417 g/mol. The molecule has 1 aromatic heterocycles. The van der Waals surface area contributed by atoms with Crippen LogP contribution >= 0.6 is 0 Å². The predicted molar refractivity (Wildman–Crippen MR) is 125 cm³/mol. The quantitative estimate of drug-likeness (QED) is 0.571. The minimum absolute atomic E-state index is 0.286. The van der Waals surface area contributed by atoms with E-state index in [4.69, 9.17) is 5.10 Å². The third-order valence-electron chi connectivity index (χ3n) is 6.14. The van der Waals surface area contributed by atoms with Crippen LogP contribution < -0.4 is 0 Å². The van der Waals surface area contributed by atoms with E-state index >= 15 is 0 Å². The smallest absolute Gasteiger partial charge is 0.222 e. The van der Waals surface area contributed by atoms with Gasteiger partial charge < -0.3 is 9.80 Å². The number of aromatic nitrogens is 2. The maximum atomic E-state index is 12.1. The standard InChI is InChI=1S/C26H32N4O/c1-5-29-16-21(14-25(29)31)15-28(4)17-23-18-30(24-13-19(2)11-12-20(24)3)27-26(23)22-9-7-6-8-10-22/h6-13,18,21H,5,14-17H2,1-4H3/t21-/m0/s1. The van der Waals surface area contributed by atoms with Crippen molar-refractivity contribution in [3.8, 4) is 16.9 Å². The molecule has 0 radical (unpaired) electrons. The maximum Gasteiger partial charge on any atom is 0.222 e. The first kappa shape index (κ1) is 21.3. The minimum Gasteiger partial charge on any atom is -0.343 e. The van der Waals surface area contributed by atoms with Crippen molar-refractivity contribution in [1.29, 1.82) is 0 Å². The molecule has 0 unspecified atom stereocenters. The zero-order chi connectivity index (χ0) is 22.0. The van der Waals surface area contributed by atoms with E-state index in [2.05, 4.69) is 81.4 Å². The number of aryl methyl sites for hydroxylation is 2. The molecule has 0 bridgehead atoms. The van der Waals surface area contributed by atoms with Crippen LogP contribution in [0.2, 0.25) is 0 Å². The summed E-state index contributed by atoms with van der Waals surface area (Å²) >= 11 is 0. The van der Waals surface area contributed by atoms with Gasteiger partial charge in [0.1, 0.15) is 0 Å². The molecular formula is C26H32N4O. The van der Waals surface area contributed by atoms with Crippen molar-refractivity contribution in [3.05, 3.63) is 71.4 Å². The Labute approximate surface area is 185 Å². The highest BCUT2D eigenvalue weighted by Gasteiger charge is 2.29. The molecule has 0 spiro atoms. The van der Waals surface area contributed by atoms with Gasteiger partial charge in [0.25, 0.3) is 0 Å². The molecule has 162 valence electrons. The lowest BCUT2D eigenvalue weighted by atomic mass is 10.1. The molecular weight excluding hydrogens is 384 g/mol. The third-order valence-corrected chi connectivity index (χ3v) is 6.14. The summed E-state index contributed by atoms with van der Waals surface area (Å²) in [5.41, 5.74) is 6.89. The van der Waals surface area contributed by atoms with Gasteiger partial charge in [-0.2, -0.15) is 5.10 Å². The van der Waals surface area contributed by atoms with Crippen molar-refractivity contribution in [3.63, 3.8) is 0 Å². The van der Waals surface area contributed by atoms with Crippen LogP contribution in [0.3, 0.4) is 0 Å². The Morgan fingerprint density at radius 1 is 1.13 bits per heavy atom. The Morgan fingerprint density at radius 2 is 1.90 bits per heavy atom. The fraction of sp³-hybridized carbons (Fsp3) is 0.385. The molecule has 1 amide bonds. The van der Waals surface area contributed by atoms with Gasteiger partial charge >= 0.3 is 0 Å². The molecule has 1 fully saturated rings. The van der Waals surface area contributed by atoms with E-state index in [1.807, 2.05) is 15.6 Å². The molecule has 0 saturated carbocycles. The first-order chi connectivity index (χ1) is 14.9. The van der Waals surface area contributed by atoms with E-state index in [1.54, 1.807) is 0 Å². The van der Waals surface area contributed by atoms with E-state index < -0.39 is 0 Å². The van der Waals surface area contributed by atoms with Crippen LogP contribution in [0.4, 0.5) is 0 Å². The highest BCUT2D eigenvalue weighted by Crippen LogP contribution is 2.27. The van der Waals surface area contributed by atoms with Gasteiger partial charge in [-0.15, -0.1) is 0 Å². The van der Waals surface area contributed by atoms with Crippen molar-refractivity contribution < 1.29 is 4.79 Å². The summed E-state index contributed by atoms with van der Waals surface area (Å²) in [6.07, 6.45) is 2.82. The van der Waals surface area contributed by atoms with E-state index in [9.17, 15) is 4.79 Å². The van der Waals surface area contributed by atoms with Crippen LogP contribution in [0.1, 0.15) is 30.0 Å². The number of hydrogen-bond acceptors (Lipinski definition) is 3. The van der Waals surface area contributed by atoms with Gasteiger partial charge in [0.15, 0.2) is 0 Å². The van der Waals surface area contributed by atoms with Crippen LogP contribution in [0, 0.1) is 19.8 Å². The molecule has 2 aromatic carbocycles. The lowest BCUT2D eigenvalue weighted by Gasteiger charge is -2.21. The number of carbonyl (C=O) groups excluding carboxylic acids is 1. The minimum atomic E-state index is 0.286. The molecule has 1 aliphatic heterocycles. The highest BCUT2D eigenvalue weighted by molar-refractivity contribution is 5.78. The zero-order valence-electron chi connectivity index (χ0n) is 19.0. The Bertz CT molecular complexity index is 1060. The SMILES string of the molecule is CCN1C[C@H](CN(C)Cc2cn(-c3cc(C)ccc3C)nc2-c2ccccc2)CC1=O. The van der Waals surface area contributed by atoms with Gasteiger partial charge in [-0.05, 0) is 50.9 Å². The largest absolute Gasteiger partial charge is 0.343 e. The first-order valence-electron chi connectivity index (χ1n) is 11.1. The molecule has 5 heteroatoms. The molecule has 2 heterocycles. The summed E-state index contributed by atoms with van der Waals surface area (Å²) in [7, 11) is 2.14. The van der Waals surface area contributed by atoms with Gasteiger partial charge in [0.05, 0.1) is 11.4 Å². The Hall–Kier alpha value is -2.92. The van der Waals surface area contributed by atoms with E-state index in [-0.39, 0.29) is 5.91 Å². The summed E-state index contributed by atoms with van der Waals surface area (Å²) < 4.78 is 2.02. The summed E-state index contributed by atoms with van der Waals surface area (Å²) in [6.45, 7) is 9.67. The average Bonchev–Trinajstić information content (AvgIpc) is 3.33. The lowest BCUT2D eigenvalue weighted by Crippen LogP contribution is -2.28. The lowest BCUT2D eigenvalue weighted by molar-refractivity contribution is -0.127. The molecule has 1 aliphatic rings. The molecule has 4 rings (SSSR count). The van der Waals surface area contributed by atoms with Crippen LogP contribution in [0.25, 0.3) is 16.9 Å². The van der Waals surface area contributed by atoms with Crippen molar-refractivity contribution >= 4 is 5.91 Å². The predicted octanol–water partition coefficient (Wildman–Crippen LogP) is 4.46. The van der Waals surface area contributed by atoms with Crippen LogP contribution in [-0.4, -0.2) is 52.2 Å². The van der Waals surface area contributed by atoms with Gasteiger partial charge in [-0.1, -0.05) is 42.5 Å². The second-order valence-electron chi connectivity index (χ2n) is 8.80. The number of rotatable bonds is 7. The molecule has 3 aromatic rings. The fourth-order valence-corrected chi connectivity index (χ4v) is 4.53. The number of nitrogens with zero attached hydrogens (tertiary/aromatic N) is 4. The topological polar surface area (TPSA) is 41.4 Å². The number of hydrogen-bond donors (Lipinski definition) is 0. The van der Waals surface area contributed by atoms with E-state index in [0.29, 0.717) is 12.3 Å². The summed E-state index contributed by atoms with van der Waals surface area (Å²) in [5.74, 6) is 0.681. The van der Waals surface area contributed by atoms with Crippen LogP contribution in [0.15, 0.2) is 54.7 Å². The zero-order valence-corrected chi connectivity index (χ0v) is 19.0. The van der Waals surface area contributed by atoms with Gasteiger partial charge in [-0.3, -0.25) is 4.79 Å². The fourth-order valence-electron chi connectivity index (χ4n) is 4.53. The van der Waals surface area contributed by atoms with Gasteiger partial charge in [0.2, 0.25) is 5.91 Å². The first-order valence-corrected chi connectivity index (χ1v) is 11.1. The second kappa shape index (κ2) is 9.06. The van der Waals surface area contributed by atoms with Crippen molar-refractivity contribution in [2.75, 3.05) is 26.7 Å². The monoisotopic (exact) mass is 416 g/mol. The van der Waals surface area contributed by atoms with Crippen molar-refractivity contribution in [2.45, 2.75) is 33.7 Å². The molecule has 0 N–H and O–H groups in total. The summed E-state index contributed by atoms with van der Waals surface area (Å²) in [4.78, 5) is 16.4. The summed E-state index contributed by atoms with van der Waals surface area (Å²) in [5, 5.41) is 5.00. The molecule has 31 heavy (non-hydrogen) atoms. The maximum absolute atomic E-state index is 12.1. The number of carbonyl (C=O) groups is 1. The van der Waals surface area contributed by atoms with Crippen LogP contribution in [0.5, 0.6) is 0 Å². The molecule has 5 nitrogen and oxygen atoms in total. The Morgan fingerprint density at radius 3 is 2.61 bits per heavy atom. The van der Waals surface area contributed by atoms with E-state index in [1.165, 1.54) is 16.7 Å². The molecule has 1 atom stereocenters. The third kappa shape index (κ3) is 4.72. The Balaban J connectivity index is 1.61. The van der Waals surface area contributed by atoms with E-state index in [0.717, 1.165) is 43.1 Å². The highest BCUT2D eigenvalue weighted by atomic mass is 16.2. The van der Waals surface area contributed by atoms with Crippen LogP contribution in [-0.2, 0) is 11.3 Å². The van der Waals surface area contributed by atoms with Gasteiger partial charge in [-0.25, -0.2) is 4.68 Å². The van der Waals surface area contributed by atoms with Crippen molar-refractivity contribution in [2.24, 2.45) is 5.92 Å². The molecule has 1 saturated heterocycles. The van der Waals surface area contributed by atoms with Gasteiger partial charge in [0, 0.05) is 49.9 Å². The van der Waals surface area contributed by atoms with Crippen molar-refractivity contribution in [1.82, 2.24) is 19.6 Å². The Kier molecular flexibility index (Phi) is 6.23. The normalized spacial score (nSPS) is 16.5. The number of likely N-dealkylation sites (tertiary alicyclic amines) is 1. The second-order valence-corrected chi connectivity index (χ2v) is 8.80. The molecule has 0 aliphatic carbocycles. The number of amides is 1.